The number of benzene rings is 1. The van der Waals surface area contributed by atoms with Crippen LogP contribution < -0.4 is 15.5 Å². The molecule has 1 saturated heterocycles. The van der Waals surface area contributed by atoms with Gasteiger partial charge >= 0.3 is 0 Å². The molecule has 6 nitrogen and oxygen atoms in total. The van der Waals surface area contributed by atoms with Crippen molar-refractivity contribution in [2.45, 2.75) is 40.0 Å². The van der Waals surface area contributed by atoms with Crippen molar-refractivity contribution < 1.29 is 9.59 Å². The molecular weight excluding hydrogens is 328 g/mol. The van der Waals surface area contributed by atoms with Crippen molar-refractivity contribution >= 4 is 23.2 Å². The van der Waals surface area contributed by atoms with E-state index >= 15 is 0 Å². The topological polar surface area (TPSA) is 64.7 Å². The highest BCUT2D eigenvalue weighted by Gasteiger charge is 2.20. The van der Waals surface area contributed by atoms with E-state index in [1.807, 2.05) is 19.1 Å². The molecule has 1 aliphatic heterocycles. The van der Waals surface area contributed by atoms with Gasteiger partial charge in [-0.25, -0.2) is 0 Å². The SMILES string of the molecule is CCC(=O)Nc1ccc(N2CCCC2)c(C(=O)NCCN(CC)CC)c1. The molecule has 0 radical (unpaired) electrons. The maximum absolute atomic E-state index is 12.8. The lowest BCUT2D eigenvalue weighted by molar-refractivity contribution is -0.115. The Bertz CT molecular complexity index is 608. The van der Waals surface area contributed by atoms with E-state index in [9.17, 15) is 9.59 Å². The van der Waals surface area contributed by atoms with Gasteiger partial charge in [-0.1, -0.05) is 20.8 Å². The second-order valence-electron chi connectivity index (χ2n) is 6.61. The largest absolute Gasteiger partial charge is 0.371 e. The van der Waals surface area contributed by atoms with Crippen LogP contribution in [-0.4, -0.2) is 56.0 Å². The Balaban J connectivity index is 2.14. The monoisotopic (exact) mass is 360 g/mol. The van der Waals surface area contributed by atoms with Gasteiger partial charge in [0.25, 0.3) is 5.91 Å². The fourth-order valence-corrected chi connectivity index (χ4v) is 3.24. The molecule has 0 aromatic heterocycles. The lowest BCUT2D eigenvalue weighted by Gasteiger charge is -2.22. The van der Waals surface area contributed by atoms with Gasteiger partial charge in [0, 0.05) is 44.0 Å². The summed E-state index contributed by atoms with van der Waals surface area (Å²) in [5.74, 6) is -0.126. The lowest BCUT2D eigenvalue weighted by atomic mass is 10.1. The molecule has 6 heteroatoms. The van der Waals surface area contributed by atoms with Crippen molar-refractivity contribution in [3.8, 4) is 0 Å². The molecule has 2 N–H and O–H groups in total. The Hall–Kier alpha value is -2.08. The fourth-order valence-electron chi connectivity index (χ4n) is 3.24. The third-order valence-corrected chi connectivity index (χ3v) is 4.90. The first kappa shape index (κ1) is 20.2. The highest BCUT2D eigenvalue weighted by atomic mass is 16.2. The maximum Gasteiger partial charge on any atom is 0.253 e. The highest BCUT2D eigenvalue weighted by molar-refractivity contribution is 6.02. The van der Waals surface area contributed by atoms with Crippen LogP contribution >= 0.6 is 0 Å². The number of hydrogen-bond donors (Lipinski definition) is 2. The van der Waals surface area contributed by atoms with Gasteiger partial charge < -0.3 is 20.4 Å². The highest BCUT2D eigenvalue weighted by Crippen LogP contribution is 2.27. The number of carbonyl (C=O) groups is 2. The third-order valence-electron chi connectivity index (χ3n) is 4.90. The van der Waals surface area contributed by atoms with Gasteiger partial charge in [-0.05, 0) is 44.1 Å². The summed E-state index contributed by atoms with van der Waals surface area (Å²) in [4.78, 5) is 29.0. The number of anilines is 2. The first-order chi connectivity index (χ1) is 12.6. The van der Waals surface area contributed by atoms with Crippen LogP contribution in [0.15, 0.2) is 18.2 Å². The van der Waals surface area contributed by atoms with E-state index in [0.29, 0.717) is 24.2 Å². The number of amides is 2. The summed E-state index contributed by atoms with van der Waals surface area (Å²) in [6.45, 7) is 11.4. The van der Waals surface area contributed by atoms with Crippen molar-refractivity contribution in [2.24, 2.45) is 0 Å². The summed E-state index contributed by atoms with van der Waals surface area (Å²) >= 11 is 0. The van der Waals surface area contributed by atoms with Gasteiger partial charge in [-0.15, -0.1) is 0 Å². The van der Waals surface area contributed by atoms with Crippen LogP contribution in [0.3, 0.4) is 0 Å². The van der Waals surface area contributed by atoms with Crippen LogP contribution in [0.4, 0.5) is 11.4 Å². The number of carbonyl (C=O) groups excluding carboxylic acids is 2. The molecule has 1 aliphatic rings. The minimum atomic E-state index is -0.0772. The normalized spacial score (nSPS) is 13.9. The van der Waals surface area contributed by atoms with Crippen molar-refractivity contribution in [2.75, 3.05) is 49.5 Å². The van der Waals surface area contributed by atoms with Gasteiger partial charge in [-0.3, -0.25) is 9.59 Å². The Morgan fingerprint density at radius 2 is 1.81 bits per heavy atom. The Kier molecular flexibility index (Phi) is 7.91. The lowest BCUT2D eigenvalue weighted by Crippen LogP contribution is -2.35. The van der Waals surface area contributed by atoms with E-state index in [2.05, 4.69) is 34.3 Å². The number of likely N-dealkylation sites (N-methyl/N-ethyl adjacent to an activating group) is 1. The Labute approximate surface area is 156 Å². The molecule has 144 valence electrons. The zero-order valence-electron chi connectivity index (χ0n) is 16.3. The number of hydrogen-bond acceptors (Lipinski definition) is 4. The zero-order chi connectivity index (χ0) is 18.9. The van der Waals surface area contributed by atoms with Gasteiger partial charge in [0.1, 0.15) is 0 Å². The molecule has 2 amide bonds. The second kappa shape index (κ2) is 10.2. The van der Waals surface area contributed by atoms with Crippen molar-refractivity contribution in [3.05, 3.63) is 23.8 Å². The third kappa shape index (κ3) is 5.46. The van der Waals surface area contributed by atoms with Crippen LogP contribution in [0.1, 0.15) is 50.4 Å². The van der Waals surface area contributed by atoms with E-state index < -0.39 is 0 Å². The van der Waals surface area contributed by atoms with Crippen LogP contribution in [0.25, 0.3) is 0 Å². The summed E-state index contributed by atoms with van der Waals surface area (Å²) in [7, 11) is 0. The Morgan fingerprint density at radius 3 is 2.42 bits per heavy atom. The number of nitrogens with one attached hydrogen (secondary N) is 2. The van der Waals surface area contributed by atoms with Gasteiger partial charge in [0.15, 0.2) is 0 Å². The van der Waals surface area contributed by atoms with Gasteiger partial charge in [0.2, 0.25) is 5.91 Å². The molecule has 2 rings (SSSR count). The average Bonchev–Trinajstić information content (AvgIpc) is 3.19. The Morgan fingerprint density at radius 1 is 1.12 bits per heavy atom. The van der Waals surface area contributed by atoms with E-state index in [0.717, 1.165) is 51.3 Å². The van der Waals surface area contributed by atoms with Crippen molar-refractivity contribution in [3.63, 3.8) is 0 Å². The molecular formula is C20H32N4O2. The summed E-state index contributed by atoms with van der Waals surface area (Å²) in [6.07, 6.45) is 2.72. The predicted octanol–water partition coefficient (Wildman–Crippen LogP) is 2.71. The number of nitrogens with zero attached hydrogens (tertiary/aromatic N) is 2. The summed E-state index contributed by atoms with van der Waals surface area (Å²) in [6, 6.07) is 5.64. The second-order valence-corrected chi connectivity index (χ2v) is 6.61. The first-order valence-electron chi connectivity index (χ1n) is 9.78. The van der Waals surface area contributed by atoms with Crippen molar-refractivity contribution in [1.29, 1.82) is 0 Å². The quantitative estimate of drug-likeness (QED) is 0.711. The molecule has 0 spiro atoms. The average molecular weight is 361 g/mol. The van der Waals surface area contributed by atoms with E-state index in [1.165, 1.54) is 0 Å². The molecule has 0 aliphatic carbocycles. The molecule has 1 fully saturated rings. The predicted molar refractivity (Wildman–Crippen MR) is 107 cm³/mol. The van der Waals surface area contributed by atoms with Crippen LogP contribution in [0.2, 0.25) is 0 Å². The van der Waals surface area contributed by atoms with Gasteiger partial charge in [0.05, 0.1) is 5.56 Å². The standard InChI is InChI=1S/C20H32N4O2/c1-4-19(25)22-16-9-10-18(24-12-7-8-13-24)17(15-16)20(26)21-11-14-23(5-2)6-3/h9-10,15H,4-8,11-14H2,1-3H3,(H,21,26)(H,22,25). The molecule has 1 aromatic carbocycles. The molecule has 1 heterocycles. The first-order valence-corrected chi connectivity index (χ1v) is 9.78. The molecule has 1 aromatic rings. The minimum absolute atomic E-state index is 0.0492. The van der Waals surface area contributed by atoms with E-state index in [-0.39, 0.29) is 11.8 Å². The number of rotatable bonds is 9. The molecule has 26 heavy (non-hydrogen) atoms. The minimum Gasteiger partial charge on any atom is -0.371 e. The smallest absolute Gasteiger partial charge is 0.253 e. The summed E-state index contributed by atoms with van der Waals surface area (Å²) in [5, 5.41) is 5.89. The van der Waals surface area contributed by atoms with Crippen LogP contribution in [0, 0.1) is 0 Å². The van der Waals surface area contributed by atoms with E-state index in [1.54, 1.807) is 6.07 Å². The van der Waals surface area contributed by atoms with Gasteiger partial charge in [-0.2, -0.15) is 0 Å². The molecule has 0 unspecified atom stereocenters. The zero-order valence-corrected chi connectivity index (χ0v) is 16.3. The maximum atomic E-state index is 12.8. The van der Waals surface area contributed by atoms with Crippen LogP contribution in [0.5, 0.6) is 0 Å². The van der Waals surface area contributed by atoms with Crippen LogP contribution in [-0.2, 0) is 4.79 Å². The van der Waals surface area contributed by atoms with E-state index in [4.69, 9.17) is 0 Å². The summed E-state index contributed by atoms with van der Waals surface area (Å²) in [5.41, 5.74) is 2.27. The van der Waals surface area contributed by atoms with Crippen molar-refractivity contribution in [1.82, 2.24) is 10.2 Å². The summed E-state index contributed by atoms with van der Waals surface area (Å²) < 4.78 is 0. The molecule has 0 atom stereocenters. The molecule has 0 saturated carbocycles. The fraction of sp³-hybridized carbons (Fsp3) is 0.600. The molecule has 0 bridgehead atoms.